The van der Waals surface area contributed by atoms with Crippen LogP contribution in [0.15, 0.2) is 48.0 Å². The van der Waals surface area contributed by atoms with Crippen LogP contribution in [-0.2, 0) is 14.3 Å². The monoisotopic (exact) mass is 425 g/mol. The molecular weight excluding hydrogens is 406 g/mol. The van der Waals surface area contributed by atoms with Gasteiger partial charge >= 0.3 is 0 Å². The summed E-state index contributed by atoms with van der Waals surface area (Å²) in [5.74, 6) is -1.35. The summed E-state index contributed by atoms with van der Waals surface area (Å²) in [5.41, 5.74) is 9.46. The van der Waals surface area contributed by atoms with Gasteiger partial charge in [-0.05, 0) is 42.5 Å². The maximum atomic E-state index is 12.9. The molecule has 0 radical (unpaired) electrons. The summed E-state index contributed by atoms with van der Waals surface area (Å²) in [7, 11) is 0. The molecule has 9 nitrogen and oxygen atoms in total. The van der Waals surface area contributed by atoms with Crippen LogP contribution in [0.1, 0.15) is 5.56 Å². The van der Waals surface area contributed by atoms with E-state index < -0.39 is 24.0 Å². The number of hydrogen-bond donors (Lipinski definition) is 4. The zero-order valence-corrected chi connectivity index (χ0v) is 16.6. The number of nitrogens with zero attached hydrogens (tertiary/aromatic N) is 2. The molecule has 1 aromatic heterocycles. The molecule has 0 saturated carbocycles. The molecule has 154 valence electrons. The van der Waals surface area contributed by atoms with E-state index in [-0.39, 0.29) is 12.4 Å². The average Bonchev–Trinajstić information content (AvgIpc) is 3.21. The van der Waals surface area contributed by atoms with E-state index in [1.54, 1.807) is 35.8 Å². The first-order valence-electron chi connectivity index (χ1n) is 9.13. The number of aliphatic hydroxyl groups excluding tert-OH is 1. The van der Waals surface area contributed by atoms with Gasteiger partial charge in [0.05, 0.1) is 22.3 Å². The Balaban J connectivity index is 1.47. The molecule has 2 atom stereocenters. The Morgan fingerprint density at radius 3 is 2.83 bits per heavy atom. The van der Waals surface area contributed by atoms with Crippen LogP contribution >= 0.6 is 11.3 Å². The summed E-state index contributed by atoms with van der Waals surface area (Å²) >= 11 is 1.51. The summed E-state index contributed by atoms with van der Waals surface area (Å²) in [6, 6.07) is 11.7. The third-order valence-electron chi connectivity index (χ3n) is 4.77. The van der Waals surface area contributed by atoms with Crippen molar-refractivity contribution in [2.75, 3.05) is 23.4 Å². The van der Waals surface area contributed by atoms with Crippen LogP contribution in [-0.4, -0.2) is 53.1 Å². The first kappa shape index (κ1) is 20.0. The topological polar surface area (TPSA) is 142 Å². The summed E-state index contributed by atoms with van der Waals surface area (Å²) in [6.07, 6.45) is -3.00. The zero-order valence-electron chi connectivity index (χ0n) is 15.7. The minimum Gasteiger partial charge on any atom is -0.384 e. The highest BCUT2D eigenvalue weighted by molar-refractivity contribution is 7.16. The van der Waals surface area contributed by atoms with E-state index >= 15 is 0 Å². The number of thiazole rings is 1. The highest BCUT2D eigenvalue weighted by Crippen LogP contribution is 2.26. The Kier molecular flexibility index (Phi) is 5.44. The number of aliphatic hydroxyl groups is 1. The van der Waals surface area contributed by atoms with E-state index in [0.717, 1.165) is 10.2 Å². The van der Waals surface area contributed by atoms with E-state index in [9.17, 15) is 14.7 Å². The van der Waals surface area contributed by atoms with Crippen molar-refractivity contribution < 1.29 is 19.4 Å². The quantitative estimate of drug-likeness (QED) is 0.359. The number of hydrogen-bond acceptors (Lipinski definition) is 7. The molecule has 1 fully saturated rings. The lowest BCUT2D eigenvalue weighted by atomic mass is 10.1. The van der Waals surface area contributed by atoms with Crippen molar-refractivity contribution in [2.24, 2.45) is 5.73 Å². The molecule has 0 spiro atoms. The van der Waals surface area contributed by atoms with Crippen molar-refractivity contribution in [3.05, 3.63) is 53.5 Å². The van der Waals surface area contributed by atoms with Gasteiger partial charge in [-0.25, -0.2) is 4.98 Å². The molecule has 1 saturated heterocycles. The normalized spacial score (nSPS) is 17.7. The van der Waals surface area contributed by atoms with E-state index in [0.29, 0.717) is 23.5 Å². The van der Waals surface area contributed by atoms with Crippen LogP contribution in [0.2, 0.25) is 0 Å². The molecule has 0 bridgehead atoms. The number of fused-ring (bicyclic) bond motifs is 1. The highest BCUT2D eigenvalue weighted by atomic mass is 32.1. The number of nitrogens with one attached hydrogen (secondary N) is 2. The fourth-order valence-electron chi connectivity index (χ4n) is 3.19. The molecule has 4 rings (SSSR count). The number of morpholine rings is 1. The third-order valence-corrected chi connectivity index (χ3v) is 5.58. The van der Waals surface area contributed by atoms with Gasteiger partial charge in [0.25, 0.3) is 11.8 Å². The summed E-state index contributed by atoms with van der Waals surface area (Å²) < 4.78 is 6.43. The molecule has 2 amide bonds. The summed E-state index contributed by atoms with van der Waals surface area (Å²) in [4.78, 5) is 31.1. The van der Waals surface area contributed by atoms with Crippen molar-refractivity contribution in [3.8, 4) is 0 Å². The first-order chi connectivity index (χ1) is 14.4. The van der Waals surface area contributed by atoms with Gasteiger partial charge in [0, 0.05) is 23.5 Å². The third kappa shape index (κ3) is 3.88. The van der Waals surface area contributed by atoms with Gasteiger partial charge in [0.2, 0.25) is 0 Å². The lowest BCUT2D eigenvalue weighted by Crippen LogP contribution is -2.55. The lowest BCUT2D eigenvalue weighted by Gasteiger charge is -2.34. The zero-order chi connectivity index (χ0) is 21.3. The largest absolute Gasteiger partial charge is 0.384 e. The van der Waals surface area contributed by atoms with Gasteiger partial charge in [-0.1, -0.05) is 0 Å². The van der Waals surface area contributed by atoms with Crippen molar-refractivity contribution in [2.45, 2.75) is 12.2 Å². The maximum Gasteiger partial charge on any atom is 0.259 e. The molecule has 2 heterocycles. The molecule has 5 N–H and O–H groups in total. The summed E-state index contributed by atoms with van der Waals surface area (Å²) in [6.45, 7) is 0.495. The Hall–Kier alpha value is -3.34. The van der Waals surface area contributed by atoms with Crippen LogP contribution in [0.25, 0.3) is 10.2 Å². The summed E-state index contributed by atoms with van der Waals surface area (Å²) in [5, 5.41) is 20.4. The minimum absolute atomic E-state index is 0.0926. The van der Waals surface area contributed by atoms with Crippen LogP contribution < -0.4 is 16.0 Å². The van der Waals surface area contributed by atoms with E-state index in [4.69, 9.17) is 15.9 Å². The van der Waals surface area contributed by atoms with Crippen molar-refractivity contribution in [1.29, 1.82) is 5.41 Å². The van der Waals surface area contributed by atoms with Crippen molar-refractivity contribution >= 4 is 50.6 Å². The molecule has 1 aliphatic rings. The number of anilines is 2. The molecule has 1 aliphatic heterocycles. The molecule has 1 unspecified atom stereocenters. The number of nitrogens with two attached hydrogens (primary N) is 1. The predicted octanol–water partition coefficient (Wildman–Crippen LogP) is 1.31. The van der Waals surface area contributed by atoms with Crippen molar-refractivity contribution in [1.82, 2.24) is 4.98 Å². The standard InChI is InChI=1S/C20H19N5O4S/c21-18(22)11-1-3-12(4-2-11)24-19(27)16(26)17-20(28)25(7-8-29-17)13-5-6-15-14(9-13)23-10-30-15/h1-6,9-10,16-17,26H,7-8H2,(H3,21,22)(H,24,27)/t16?,17-/m1/s1. The fourth-order valence-corrected chi connectivity index (χ4v) is 3.85. The molecule has 10 heteroatoms. The molecular formula is C20H19N5O4S. The number of nitrogen functional groups attached to an aromatic ring is 1. The van der Waals surface area contributed by atoms with Gasteiger partial charge < -0.3 is 25.8 Å². The number of carbonyl (C=O) groups is 2. The van der Waals surface area contributed by atoms with Gasteiger partial charge in [0.1, 0.15) is 5.84 Å². The Labute approximate surface area is 175 Å². The second-order valence-electron chi connectivity index (χ2n) is 6.71. The number of carbonyl (C=O) groups excluding carboxylic acids is 2. The van der Waals surface area contributed by atoms with Gasteiger partial charge in [-0.2, -0.15) is 0 Å². The smallest absolute Gasteiger partial charge is 0.259 e. The Bertz CT molecular complexity index is 1110. The number of aromatic nitrogens is 1. The Morgan fingerprint density at radius 1 is 1.33 bits per heavy atom. The van der Waals surface area contributed by atoms with Crippen LogP contribution in [0.4, 0.5) is 11.4 Å². The predicted molar refractivity (Wildman–Crippen MR) is 114 cm³/mol. The fraction of sp³-hybridized carbons (Fsp3) is 0.200. The number of ether oxygens (including phenoxy) is 1. The molecule has 2 aromatic carbocycles. The van der Waals surface area contributed by atoms with Crippen LogP contribution in [0.3, 0.4) is 0 Å². The molecule has 0 aliphatic carbocycles. The highest BCUT2D eigenvalue weighted by Gasteiger charge is 2.39. The second-order valence-corrected chi connectivity index (χ2v) is 7.60. The van der Waals surface area contributed by atoms with Gasteiger partial charge in [-0.3, -0.25) is 15.0 Å². The number of rotatable bonds is 5. The van der Waals surface area contributed by atoms with Crippen LogP contribution in [0.5, 0.6) is 0 Å². The molecule has 30 heavy (non-hydrogen) atoms. The van der Waals surface area contributed by atoms with E-state index in [2.05, 4.69) is 10.3 Å². The number of amidine groups is 1. The maximum absolute atomic E-state index is 12.9. The van der Waals surface area contributed by atoms with E-state index in [1.807, 2.05) is 12.1 Å². The number of benzene rings is 2. The van der Waals surface area contributed by atoms with Gasteiger partial charge in [-0.15, -0.1) is 11.3 Å². The average molecular weight is 425 g/mol. The van der Waals surface area contributed by atoms with Gasteiger partial charge in [0.15, 0.2) is 12.2 Å². The van der Waals surface area contributed by atoms with E-state index in [1.165, 1.54) is 16.2 Å². The number of amides is 2. The van der Waals surface area contributed by atoms with Crippen molar-refractivity contribution in [3.63, 3.8) is 0 Å². The van der Waals surface area contributed by atoms with Crippen LogP contribution in [0, 0.1) is 5.41 Å². The Morgan fingerprint density at radius 2 is 2.10 bits per heavy atom. The minimum atomic E-state index is -1.68. The molecule has 3 aromatic rings. The lowest BCUT2D eigenvalue weighted by molar-refractivity contribution is -0.150. The SMILES string of the molecule is N=C(N)c1ccc(NC(=O)C(O)[C@H]2OCCN(c3ccc4scnc4c3)C2=O)cc1. The first-order valence-corrected chi connectivity index (χ1v) is 10.0. The second kappa shape index (κ2) is 8.19.